The zero-order valence-electron chi connectivity index (χ0n) is 21.4. The number of hydrogen-bond acceptors (Lipinski definition) is 5. The Morgan fingerprint density at radius 3 is 2.15 bits per heavy atom. The van der Waals surface area contributed by atoms with Crippen molar-refractivity contribution in [2.24, 2.45) is 5.73 Å². The molecule has 1 rings (SSSR count). The van der Waals surface area contributed by atoms with Crippen molar-refractivity contribution in [3.8, 4) is 0 Å². The van der Waals surface area contributed by atoms with Crippen molar-refractivity contribution in [1.82, 2.24) is 15.5 Å². The molecule has 0 aliphatic carbocycles. The molecule has 4 N–H and O–H groups in total. The van der Waals surface area contributed by atoms with Crippen LogP contribution in [0.3, 0.4) is 0 Å². The maximum absolute atomic E-state index is 13.5. The number of carbonyl (C=O) groups excluding carboxylic acids is 4. The van der Waals surface area contributed by atoms with Crippen LogP contribution in [0.5, 0.6) is 0 Å². The Morgan fingerprint density at radius 2 is 1.65 bits per heavy atom. The third kappa shape index (κ3) is 9.80. The van der Waals surface area contributed by atoms with Gasteiger partial charge in [-0.25, -0.2) is 4.79 Å². The molecule has 0 saturated carbocycles. The van der Waals surface area contributed by atoms with Crippen LogP contribution in [-0.2, 0) is 19.1 Å². The number of benzene rings is 1. The average Bonchev–Trinajstić information content (AvgIpc) is 2.70. The van der Waals surface area contributed by atoms with E-state index >= 15 is 0 Å². The van der Waals surface area contributed by atoms with Crippen LogP contribution in [0.1, 0.15) is 77.5 Å². The molecule has 1 aromatic carbocycles. The number of nitrogens with one attached hydrogen (secondary N) is 2. The fraction of sp³-hybridized carbons (Fsp3) is 0.600. The second kappa shape index (κ2) is 13.0. The molecular weight excluding hydrogens is 436 g/mol. The molecule has 0 spiro atoms. The predicted molar refractivity (Wildman–Crippen MR) is 131 cm³/mol. The first-order chi connectivity index (χ1) is 15.7. The highest BCUT2D eigenvalue weighted by atomic mass is 16.6. The van der Waals surface area contributed by atoms with Crippen LogP contribution in [0.15, 0.2) is 24.3 Å². The summed E-state index contributed by atoms with van der Waals surface area (Å²) >= 11 is 0. The van der Waals surface area contributed by atoms with Gasteiger partial charge in [0.1, 0.15) is 17.7 Å². The molecule has 0 aromatic heterocycles. The van der Waals surface area contributed by atoms with Crippen molar-refractivity contribution >= 4 is 23.8 Å². The second-order valence-corrected chi connectivity index (χ2v) is 9.66. The van der Waals surface area contributed by atoms with E-state index in [0.29, 0.717) is 5.56 Å². The zero-order chi connectivity index (χ0) is 26.1. The number of alkyl carbamates (subject to hydrolysis) is 1. The fourth-order valence-corrected chi connectivity index (χ4v) is 3.49. The number of aryl methyl sites for hydroxylation is 1. The van der Waals surface area contributed by atoms with Gasteiger partial charge in [-0.05, 0) is 53.0 Å². The normalized spacial score (nSPS) is 13.9. The minimum absolute atomic E-state index is 0.0216. The third-order valence-electron chi connectivity index (χ3n) is 5.16. The lowest BCUT2D eigenvalue weighted by molar-refractivity contribution is -0.141. The highest BCUT2D eigenvalue weighted by Gasteiger charge is 2.34. The summed E-state index contributed by atoms with van der Waals surface area (Å²) in [7, 11) is 1.50. The summed E-state index contributed by atoms with van der Waals surface area (Å²) in [4.78, 5) is 51.8. The molecule has 9 heteroatoms. The lowest BCUT2D eigenvalue weighted by Gasteiger charge is -2.32. The van der Waals surface area contributed by atoms with Gasteiger partial charge in [-0.2, -0.15) is 0 Å². The van der Waals surface area contributed by atoms with Gasteiger partial charge in [0, 0.05) is 19.5 Å². The topological polar surface area (TPSA) is 131 Å². The summed E-state index contributed by atoms with van der Waals surface area (Å²) in [6.07, 6.45) is 0.768. The number of carbonyl (C=O) groups is 4. The lowest BCUT2D eigenvalue weighted by Crippen LogP contribution is -2.52. The Bertz CT molecular complexity index is 848. The highest BCUT2D eigenvalue weighted by molar-refractivity contribution is 5.92. The number of amides is 4. The molecule has 3 unspecified atom stereocenters. The van der Waals surface area contributed by atoms with Crippen LogP contribution in [0.2, 0.25) is 0 Å². The molecule has 34 heavy (non-hydrogen) atoms. The molecule has 9 nitrogen and oxygen atoms in total. The van der Waals surface area contributed by atoms with Crippen molar-refractivity contribution in [1.29, 1.82) is 0 Å². The maximum Gasteiger partial charge on any atom is 0.408 e. The van der Waals surface area contributed by atoms with Gasteiger partial charge in [-0.3, -0.25) is 14.4 Å². The van der Waals surface area contributed by atoms with Crippen molar-refractivity contribution < 1.29 is 23.9 Å². The van der Waals surface area contributed by atoms with Gasteiger partial charge in [0.05, 0.1) is 0 Å². The second-order valence-electron chi connectivity index (χ2n) is 9.66. The van der Waals surface area contributed by atoms with Crippen LogP contribution in [0, 0.1) is 6.92 Å². The van der Waals surface area contributed by atoms with E-state index < -0.39 is 35.6 Å². The number of hydrogen-bond donors (Lipinski definition) is 3. The average molecular weight is 477 g/mol. The molecule has 0 aliphatic rings. The van der Waals surface area contributed by atoms with E-state index in [0.717, 1.165) is 18.4 Å². The summed E-state index contributed by atoms with van der Waals surface area (Å²) in [5, 5.41) is 5.51. The Kier molecular flexibility index (Phi) is 11.0. The quantitative estimate of drug-likeness (QED) is 0.452. The minimum Gasteiger partial charge on any atom is -0.444 e. The molecule has 0 heterocycles. The molecule has 3 atom stereocenters. The number of nitrogens with zero attached hydrogens (tertiary/aromatic N) is 1. The first-order valence-corrected chi connectivity index (χ1v) is 11.7. The minimum atomic E-state index is -1.10. The van der Waals surface area contributed by atoms with Crippen molar-refractivity contribution in [2.75, 3.05) is 7.05 Å². The Morgan fingerprint density at radius 1 is 1.06 bits per heavy atom. The Labute approximate surface area is 202 Å². The van der Waals surface area contributed by atoms with E-state index in [9.17, 15) is 19.2 Å². The first kappa shape index (κ1) is 28.9. The van der Waals surface area contributed by atoms with Crippen LogP contribution in [-0.4, -0.2) is 53.4 Å². The summed E-state index contributed by atoms with van der Waals surface area (Å²) in [5.74, 6) is -1.46. The van der Waals surface area contributed by atoms with E-state index in [1.807, 2.05) is 32.9 Å². The lowest BCUT2D eigenvalue weighted by atomic mass is 10.0. The maximum atomic E-state index is 13.5. The van der Waals surface area contributed by atoms with Gasteiger partial charge in [-0.15, -0.1) is 0 Å². The van der Waals surface area contributed by atoms with Crippen molar-refractivity contribution in [2.45, 2.75) is 91.0 Å². The molecule has 0 bridgehead atoms. The number of nitrogens with two attached hydrogens (primary N) is 1. The van der Waals surface area contributed by atoms with E-state index in [2.05, 4.69) is 10.6 Å². The monoisotopic (exact) mass is 476 g/mol. The summed E-state index contributed by atoms with van der Waals surface area (Å²) in [6, 6.07) is 5.24. The largest absolute Gasteiger partial charge is 0.444 e. The van der Waals surface area contributed by atoms with Crippen LogP contribution in [0.25, 0.3) is 0 Å². The van der Waals surface area contributed by atoms with Gasteiger partial charge in [-0.1, -0.05) is 43.2 Å². The smallest absolute Gasteiger partial charge is 0.408 e. The Hall–Kier alpha value is -3.10. The SMILES string of the molecule is CCCC(C)NC(=O)C(c1ccc(C)cc1)N(C)C(=O)C(CCC(N)=O)NC(=O)OC(C)(C)C. The molecule has 4 amide bonds. The van der Waals surface area contributed by atoms with Crippen LogP contribution in [0.4, 0.5) is 4.79 Å². The van der Waals surface area contributed by atoms with Crippen LogP contribution < -0.4 is 16.4 Å². The molecule has 0 saturated heterocycles. The molecule has 1 aromatic rings. The van der Waals surface area contributed by atoms with Gasteiger partial charge in [0.2, 0.25) is 17.7 Å². The van der Waals surface area contributed by atoms with E-state index in [1.54, 1.807) is 32.9 Å². The van der Waals surface area contributed by atoms with Crippen LogP contribution >= 0.6 is 0 Å². The zero-order valence-corrected chi connectivity index (χ0v) is 21.4. The molecule has 190 valence electrons. The first-order valence-electron chi connectivity index (χ1n) is 11.7. The highest BCUT2D eigenvalue weighted by Crippen LogP contribution is 2.23. The number of rotatable bonds is 11. The van der Waals surface area contributed by atoms with E-state index in [1.165, 1.54) is 11.9 Å². The third-order valence-corrected chi connectivity index (χ3v) is 5.16. The number of primary amides is 1. The standard InChI is InChI=1S/C25H40N4O5/c1-8-9-17(3)27-22(31)21(18-12-10-16(2)11-13-18)29(7)23(32)19(14-15-20(26)30)28-24(33)34-25(4,5)6/h10-13,17,19,21H,8-9,14-15H2,1-7H3,(H2,26,30)(H,27,31)(H,28,33). The molecule has 0 fully saturated rings. The van der Waals surface area contributed by atoms with Crippen molar-refractivity contribution in [3.05, 3.63) is 35.4 Å². The molecular formula is C25H40N4O5. The van der Waals surface area contributed by atoms with Gasteiger partial charge in [0.15, 0.2) is 0 Å². The van der Waals surface area contributed by atoms with E-state index in [4.69, 9.17) is 10.5 Å². The fourth-order valence-electron chi connectivity index (χ4n) is 3.49. The summed E-state index contributed by atoms with van der Waals surface area (Å²) in [6.45, 7) is 11.0. The predicted octanol–water partition coefficient (Wildman–Crippen LogP) is 2.96. The molecule has 0 aliphatic heterocycles. The number of likely N-dealkylation sites (N-methyl/N-ethyl adjacent to an activating group) is 1. The Balaban J connectivity index is 3.24. The van der Waals surface area contributed by atoms with Gasteiger partial charge >= 0.3 is 6.09 Å². The molecule has 0 radical (unpaired) electrons. The van der Waals surface area contributed by atoms with Gasteiger partial charge in [0.25, 0.3) is 0 Å². The number of ether oxygens (including phenoxy) is 1. The van der Waals surface area contributed by atoms with Crippen molar-refractivity contribution in [3.63, 3.8) is 0 Å². The van der Waals surface area contributed by atoms with Gasteiger partial charge < -0.3 is 26.0 Å². The summed E-state index contributed by atoms with van der Waals surface area (Å²) < 4.78 is 5.27. The van der Waals surface area contributed by atoms with E-state index in [-0.39, 0.29) is 24.8 Å². The summed E-state index contributed by atoms with van der Waals surface area (Å²) in [5.41, 5.74) is 6.15.